The van der Waals surface area contributed by atoms with Gasteiger partial charge in [0.05, 0.1) is 5.54 Å². The maximum Gasteiger partial charge on any atom is 0.198 e. The number of hydrogen-bond acceptors (Lipinski definition) is 1. The summed E-state index contributed by atoms with van der Waals surface area (Å²) < 4.78 is 5.70. The molecule has 1 nitrogen and oxygen atoms in total. The topological polar surface area (TPSA) is 9.23 Å². The van der Waals surface area contributed by atoms with Crippen LogP contribution in [0.3, 0.4) is 0 Å². The van der Waals surface area contributed by atoms with Crippen molar-refractivity contribution in [3.63, 3.8) is 0 Å². The van der Waals surface area contributed by atoms with Crippen molar-refractivity contribution in [3.8, 4) is 0 Å². The van der Waals surface area contributed by atoms with Crippen LogP contribution < -0.4 is 0 Å². The predicted octanol–water partition coefficient (Wildman–Crippen LogP) is 5.01. The molecule has 1 aliphatic carbocycles. The SMILES string of the molecule is Cl/C=C(/Cl)O[C@H]1CCCC[C@@H]1c1ccccc1. The first kappa shape index (κ1) is 12.8. The van der Waals surface area contributed by atoms with Crippen LogP contribution in [0.2, 0.25) is 0 Å². The first-order valence-electron chi connectivity index (χ1n) is 5.98. The highest BCUT2D eigenvalue weighted by Gasteiger charge is 2.28. The average molecular weight is 271 g/mol. The normalized spacial score (nSPS) is 25.6. The Morgan fingerprint density at radius 1 is 1.18 bits per heavy atom. The van der Waals surface area contributed by atoms with E-state index in [1.54, 1.807) is 0 Å². The third kappa shape index (κ3) is 3.40. The van der Waals surface area contributed by atoms with E-state index in [1.165, 1.54) is 23.9 Å². The van der Waals surface area contributed by atoms with Crippen LogP contribution in [-0.4, -0.2) is 6.10 Å². The number of rotatable bonds is 3. The Balaban J connectivity index is 2.12. The van der Waals surface area contributed by atoms with E-state index in [2.05, 4.69) is 24.3 Å². The van der Waals surface area contributed by atoms with Crippen LogP contribution in [0.5, 0.6) is 0 Å². The van der Waals surface area contributed by atoms with Gasteiger partial charge in [0.15, 0.2) is 5.22 Å². The molecule has 0 unspecified atom stereocenters. The molecule has 1 saturated carbocycles. The van der Waals surface area contributed by atoms with Crippen molar-refractivity contribution in [2.45, 2.75) is 37.7 Å². The lowest BCUT2D eigenvalue weighted by Crippen LogP contribution is -2.25. The molecule has 1 aromatic rings. The molecule has 0 aliphatic heterocycles. The molecule has 2 atom stereocenters. The van der Waals surface area contributed by atoms with Crippen molar-refractivity contribution in [2.24, 2.45) is 0 Å². The fourth-order valence-corrected chi connectivity index (χ4v) is 2.66. The minimum Gasteiger partial charge on any atom is -0.478 e. The van der Waals surface area contributed by atoms with Crippen molar-refractivity contribution >= 4 is 23.2 Å². The molecule has 0 spiro atoms. The van der Waals surface area contributed by atoms with Gasteiger partial charge in [-0.15, -0.1) is 0 Å². The van der Waals surface area contributed by atoms with Gasteiger partial charge in [0, 0.05) is 5.92 Å². The zero-order valence-corrected chi connectivity index (χ0v) is 11.1. The van der Waals surface area contributed by atoms with Crippen LogP contribution in [0.4, 0.5) is 0 Å². The second-order valence-corrected chi connectivity index (χ2v) is 4.96. The third-order valence-corrected chi connectivity index (χ3v) is 3.79. The lowest BCUT2D eigenvalue weighted by molar-refractivity contribution is 0.0772. The molecule has 0 radical (unpaired) electrons. The molecular formula is C14H16Cl2O. The summed E-state index contributed by atoms with van der Waals surface area (Å²) in [7, 11) is 0. The molecule has 1 aromatic carbocycles. The van der Waals surface area contributed by atoms with E-state index in [-0.39, 0.29) is 6.10 Å². The maximum atomic E-state index is 5.86. The Hall–Kier alpha value is -0.660. The predicted molar refractivity (Wildman–Crippen MR) is 72.3 cm³/mol. The van der Waals surface area contributed by atoms with Gasteiger partial charge >= 0.3 is 0 Å². The molecule has 0 heterocycles. The Morgan fingerprint density at radius 2 is 1.88 bits per heavy atom. The molecule has 0 N–H and O–H groups in total. The van der Waals surface area contributed by atoms with E-state index in [0.717, 1.165) is 12.8 Å². The standard InChI is InChI=1S/C14H16Cl2O/c15-10-14(16)17-13-9-5-4-8-12(13)11-6-2-1-3-7-11/h1-3,6-7,10,12-13H,4-5,8-9H2/b14-10-/t12-,13+/m1/s1. The van der Waals surface area contributed by atoms with E-state index in [1.807, 2.05) is 6.07 Å². The molecular weight excluding hydrogens is 255 g/mol. The van der Waals surface area contributed by atoms with Gasteiger partial charge in [0.2, 0.25) is 0 Å². The number of hydrogen-bond donors (Lipinski definition) is 0. The fourth-order valence-electron chi connectivity index (χ4n) is 2.49. The van der Waals surface area contributed by atoms with Crippen LogP contribution in [-0.2, 0) is 4.74 Å². The Labute approximate surface area is 112 Å². The first-order chi connectivity index (χ1) is 8.31. The lowest BCUT2D eigenvalue weighted by atomic mass is 9.81. The Bertz CT molecular complexity index is 375. The van der Waals surface area contributed by atoms with Gasteiger partial charge in [0.25, 0.3) is 0 Å². The molecule has 92 valence electrons. The summed E-state index contributed by atoms with van der Waals surface area (Å²) in [5, 5.41) is 0.291. The zero-order chi connectivity index (χ0) is 12.1. The summed E-state index contributed by atoms with van der Waals surface area (Å²) in [4.78, 5) is 0. The molecule has 0 aromatic heterocycles. The molecule has 0 bridgehead atoms. The van der Waals surface area contributed by atoms with Crippen molar-refractivity contribution in [3.05, 3.63) is 46.6 Å². The highest BCUT2D eigenvalue weighted by Crippen LogP contribution is 2.36. The highest BCUT2D eigenvalue weighted by molar-refractivity contribution is 6.35. The van der Waals surface area contributed by atoms with Gasteiger partial charge in [0.1, 0.15) is 6.10 Å². The highest BCUT2D eigenvalue weighted by atomic mass is 35.5. The van der Waals surface area contributed by atoms with Gasteiger partial charge in [-0.1, -0.05) is 48.4 Å². The quantitative estimate of drug-likeness (QED) is 0.702. The second kappa shape index (κ2) is 6.32. The summed E-state index contributed by atoms with van der Waals surface area (Å²) >= 11 is 11.4. The summed E-state index contributed by atoms with van der Waals surface area (Å²) in [5.41, 5.74) is 2.62. The monoisotopic (exact) mass is 270 g/mol. The Kier molecular flexibility index (Phi) is 4.75. The molecule has 0 amide bonds. The molecule has 3 heteroatoms. The number of halogens is 2. The Morgan fingerprint density at radius 3 is 2.59 bits per heavy atom. The zero-order valence-electron chi connectivity index (χ0n) is 9.61. The smallest absolute Gasteiger partial charge is 0.198 e. The molecule has 0 saturated heterocycles. The van der Waals surface area contributed by atoms with Gasteiger partial charge < -0.3 is 4.74 Å². The van der Waals surface area contributed by atoms with E-state index in [0.29, 0.717) is 11.1 Å². The van der Waals surface area contributed by atoms with Crippen LogP contribution >= 0.6 is 23.2 Å². The van der Waals surface area contributed by atoms with E-state index >= 15 is 0 Å². The van der Waals surface area contributed by atoms with Crippen molar-refractivity contribution in [1.82, 2.24) is 0 Å². The van der Waals surface area contributed by atoms with Gasteiger partial charge in [-0.3, -0.25) is 0 Å². The number of benzene rings is 1. The van der Waals surface area contributed by atoms with Crippen LogP contribution in [0.15, 0.2) is 41.1 Å². The largest absolute Gasteiger partial charge is 0.478 e. The second-order valence-electron chi connectivity index (χ2n) is 4.37. The summed E-state index contributed by atoms with van der Waals surface area (Å²) in [6, 6.07) is 10.5. The summed E-state index contributed by atoms with van der Waals surface area (Å²) in [6.07, 6.45) is 4.79. The minimum atomic E-state index is 0.147. The summed E-state index contributed by atoms with van der Waals surface area (Å²) in [6.45, 7) is 0. The van der Waals surface area contributed by atoms with Crippen LogP contribution in [0.25, 0.3) is 0 Å². The molecule has 17 heavy (non-hydrogen) atoms. The van der Waals surface area contributed by atoms with Gasteiger partial charge in [-0.05, 0) is 36.4 Å². The maximum absolute atomic E-state index is 5.86. The van der Waals surface area contributed by atoms with Crippen molar-refractivity contribution in [2.75, 3.05) is 0 Å². The van der Waals surface area contributed by atoms with Crippen LogP contribution in [0.1, 0.15) is 37.2 Å². The average Bonchev–Trinajstić information content (AvgIpc) is 2.40. The van der Waals surface area contributed by atoms with E-state index in [4.69, 9.17) is 27.9 Å². The molecule has 1 aliphatic rings. The van der Waals surface area contributed by atoms with Crippen LogP contribution in [0, 0.1) is 0 Å². The third-order valence-electron chi connectivity index (χ3n) is 3.28. The first-order valence-corrected chi connectivity index (χ1v) is 6.80. The number of ether oxygens (including phenoxy) is 1. The van der Waals surface area contributed by atoms with Gasteiger partial charge in [-0.25, -0.2) is 0 Å². The lowest BCUT2D eigenvalue weighted by Gasteiger charge is -2.31. The fraction of sp³-hybridized carbons (Fsp3) is 0.429. The van der Waals surface area contributed by atoms with Gasteiger partial charge in [-0.2, -0.15) is 0 Å². The van der Waals surface area contributed by atoms with Crippen molar-refractivity contribution < 1.29 is 4.74 Å². The molecule has 1 fully saturated rings. The molecule has 2 rings (SSSR count). The van der Waals surface area contributed by atoms with Crippen molar-refractivity contribution in [1.29, 1.82) is 0 Å². The summed E-state index contributed by atoms with van der Waals surface area (Å²) in [5.74, 6) is 0.426. The van der Waals surface area contributed by atoms with E-state index < -0.39 is 0 Å². The van der Waals surface area contributed by atoms with E-state index in [9.17, 15) is 0 Å². The minimum absolute atomic E-state index is 0.147.